The summed E-state index contributed by atoms with van der Waals surface area (Å²) in [6, 6.07) is 11.0. The number of anilines is 2. The van der Waals surface area contributed by atoms with Crippen molar-refractivity contribution >= 4 is 28.9 Å². The second-order valence-corrected chi connectivity index (χ2v) is 6.62. The fraction of sp³-hybridized carbons (Fsp3) is 0.300. The van der Waals surface area contributed by atoms with E-state index in [9.17, 15) is 4.79 Å². The molecule has 1 aliphatic rings. The minimum atomic E-state index is -0.134. The number of nitrogens with zero attached hydrogens (tertiary/aromatic N) is 1. The van der Waals surface area contributed by atoms with E-state index in [0.717, 1.165) is 24.2 Å². The van der Waals surface area contributed by atoms with Gasteiger partial charge in [-0.3, -0.25) is 4.79 Å². The molecule has 1 amide bonds. The van der Waals surface area contributed by atoms with E-state index in [1.165, 1.54) is 24.8 Å². The zero-order valence-electron chi connectivity index (χ0n) is 14.1. The van der Waals surface area contributed by atoms with Gasteiger partial charge in [0.1, 0.15) is 5.69 Å². The quantitative estimate of drug-likeness (QED) is 0.709. The van der Waals surface area contributed by atoms with Gasteiger partial charge in [-0.2, -0.15) is 0 Å². The predicted molar refractivity (Wildman–Crippen MR) is 102 cm³/mol. The molecule has 0 atom stereocenters. The Morgan fingerprint density at radius 3 is 2.80 bits per heavy atom. The topological polar surface area (TPSA) is 54.0 Å². The number of nitrogens with one attached hydrogen (secondary N) is 2. The van der Waals surface area contributed by atoms with Crippen molar-refractivity contribution in [3.63, 3.8) is 0 Å². The molecule has 2 N–H and O–H groups in total. The molecule has 1 aliphatic carbocycles. The van der Waals surface area contributed by atoms with Crippen molar-refractivity contribution < 1.29 is 4.79 Å². The van der Waals surface area contributed by atoms with Gasteiger partial charge in [0.2, 0.25) is 0 Å². The first-order valence-corrected chi connectivity index (χ1v) is 9.03. The Bertz CT molecular complexity index is 756. The Morgan fingerprint density at radius 2 is 2.08 bits per heavy atom. The number of pyridine rings is 1. The smallest absolute Gasteiger partial charge is 0.269 e. The highest BCUT2D eigenvalue weighted by Gasteiger charge is 2.08. The third-order valence-corrected chi connectivity index (χ3v) is 4.46. The number of hydrogen-bond donors (Lipinski definition) is 2. The Labute approximate surface area is 153 Å². The number of rotatable bonds is 6. The van der Waals surface area contributed by atoms with E-state index in [2.05, 4.69) is 21.7 Å². The molecule has 0 fully saturated rings. The van der Waals surface area contributed by atoms with Crippen LogP contribution >= 0.6 is 11.6 Å². The minimum absolute atomic E-state index is 0.134. The summed E-state index contributed by atoms with van der Waals surface area (Å²) in [5.41, 5.74) is 3.58. The normalized spacial score (nSPS) is 13.9. The number of aromatic nitrogens is 1. The lowest BCUT2D eigenvalue weighted by molar-refractivity contribution is 0.0949. The van der Waals surface area contributed by atoms with Crippen LogP contribution < -0.4 is 10.6 Å². The Hall–Kier alpha value is -2.33. The molecular weight excluding hydrogens is 334 g/mol. The lowest BCUT2D eigenvalue weighted by atomic mass is 9.97. The SMILES string of the molecule is O=C(NCCC1=CCCCC1)c1ccc(Nc2cccc(Cl)c2)cn1. The van der Waals surface area contributed by atoms with Crippen molar-refractivity contribution in [3.05, 3.63) is 65.0 Å². The van der Waals surface area contributed by atoms with Crippen LogP contribution in [0.1, 0.15) is 42.6 Å². The summed E-state index contributed by atoms with van der Waals surface area (Å²) >= 11 is 5.97. The number of halogens is 1. The third kappa shape index (κ3) is 5.33. The fourth-order valence-electron chi connectivity index (χ4n) is 2.89. The second-order valence-electron chi connectivity index (χ2n) is 6.18. The standard InChI is InChI=1S/C20H22ClN3O/c21-16-7-4-8-17(13-16)24-18-9-10-19(23-14-18)20(25)22-12-11-15-5-2-1-3-6-15/h4-5,7-10,13-14,24H,1-3,6,11-12H2,(H,22,25). The maximum Gasteiger partial charge on any atom is 0.269 e. The first-order valence-electron chi connectivity index (χ1n) is 8.65. The fourth-order valence-corrected chi connectivity index (χ4v) is 3.08. The van der Waals surface area contributed by atoms with Crippen molar-refractivity contribution in [3.8, 4) is 0 Å². The lowest BCUT2D eigenvalue weighted by Gasteiger charge is -2.13. The monoisotopic (exact) mass is 355 g/mol. The molecule has 5 heteroatoms. The Balaban J connectivity index is 1.51. The van der Waals surface area contributed by atoms with Gasteiger partial charge in [-0.15, -0.1) is 0 Å². The van der Waals surface area contributed by atoms with E-state index in [1.54, 1.807) is 12.3 Å². The maximum atomic E-state index is 12.2. The summed E-state index contributed by atoms with van der Waals surface area (Å²) in [7, 11) is 0. The number of carbonyl (C=O) groups excluding carboxylic acids is 1. The van der Waals surface area contributed by atoms with Crippen LogP contribution in [0.2, 0.25) is 5.02 Å². The van der Waals surface area contributed by atoms with E-state index >= 15 is 0 Å². The molecule has 1 aromatic carbocycles. The van der Waals surface area contributed by atoms with E-state index in [1.807, 2.05) is 30.3 Å². The largest absolute Gasteiger partial charge is 0.354 e. The summed E-state index contributed by atoms with van der Waals surface area (Å²) in [6.45, 7) is 0.662. The number of benzene rings is 1. The summed E-state index contributed by atoms with van der Waals surface area (Å²) in [5.74, 6) is -0.134. The van der Waals surface area contributed by atoms with Crippen LogP contribution in [0.15, 0.2) is 54.2 Å². The molecule has 3 rings (SSSR count). The highest BCUT2D eigenvalue weighted by Crippen LogP contribution is 2.20. The van der Waals surface area contributed by atoms with Gasteiger partial charge in [-0.05, 0) is 62.4 Å². The predicted octanol–water partition coefficient (Wildman–Crippen LogP) is 5.10. The van der Waals surface area contributed by atoms with Crippen LogP contribution in [-0.2, 0) is 0 Å². The van der Waals surface area contributed by atoms with Crippen LogP contribution in [0, 0.1) is 0 Å². The Kier molecular flexibility index (Phi) is 6.07. The zero-order valence-corrected chi connectivity index (χ0v) is 14.9. The number of hydrogen-bond acceptors (Lipinski definition) is 3. The molecule has 0 bridgehead atoms. The van der Waals surface area contributed by atoms with Crippen molar-refractivity contribution in [2.45, 2.75) is 32.1 Å². The van der Waals surface area contributed by atoms with Gasteiger partial charge >= 0.3 is 0 Å². The van der Waals surface area contributed by atoms with Gasteiger partial charge in [-0.25, -0.2) is 4.98 Å². The van der Waals surface area contributed by atoms with Gasteiger partial charge in [0.05, 0.1) is 11.9 Å². The molecule has 0 unspecified atom stereocenters. The van der Waals surface area contributed by atoms with Crippen LogP contribution in [-0.4, -0.2) is 17.4 Å². The molecule has 0 saturated carbocycles. The summed E-state index contributed by atoms with van der Waals surface area (Å²) in [5, 5.41) is 6.82. The van der Waals surface area contributed by atoms with Gasteiger partial charge < -0.3 is 10.6 Å². The van der Waals surface area contributed by atoms with Crippen LogP contribution in [0.4, 0.5) is 11.4 Å². The van der Waals surface area contributed by atoms with Crippen LogP contribution in [0.3, 0.4) is 0 Å². The number of carbonyl (C=O) groups is 1. The first kappa shape index (κ1) is 17.5. The third-order valence-electron chi connectivity index (χ3n) is 4.23. The number of allylic oxidation sites excluding steroid dienone is 1. The van der Waals surface area contributed by atoms with Gasteiger partial charge in [0, 0.05) is 17.3 Å². The van der Waals surface area contributed by atoms with E-state index < -0.39 is 0 Å². The molecule has 2 aromatic rings. The molecule has 1 heterocycles. The molecule has 130 valence electrons. The number of amides is 1. The highest BCUT2D eigenvalue weighted by molar-refractivity contribution is 6.30. The first-order chi connectivity index (χ1) is 12.2. The van der Waals surface area contributed by atoms with Crippen molar-refractivity contribution in [2.24, 2.45) is 0 Å². The van der Waals surface area contributed by atoms with Gasteiger partial charge in [0.25, 0.3) is 5.91 Å². The van der Waals surface area contributed by atoms with Gasteiger partial charge in [-0.1, -0.05) is 29.3 Å². The van der Waals surface area contributed by atoms with E-state index in [4.69, 9.17) is 11.6 Å². The average molecular weight is 356 g/mol. The molecule has 1 aromatic heterocycles. The molecule has 0 saturated heterocycles. The van der Waals surface area contributed by atoms with Crippen molar-refractivity contribution in [1.82, 2.24) is 10.3 Å². The van der Waals surface area contributed by atoms with Gasteiger partial charge in [0.15, 0.2) is 0 Å². The highest BCUT2D eigenvalue weighted by atomic mass is 35.5. The molecular formula is C20H22ClN3O. The lowest BCUT2D eigenvalue weighted by Crippen LogP contribution is -2.25. The molecule has 0 aliphatic heterocycles. The maximum absolute atomic E-state index is 12.2. The minimum Gasteiger partial charge on any atom is -0.354 e. The summed E-state index contributed by atoms with van der Waals surface area (Å²) < 4.78 is 0. The molecule has 0 radical (unpaired) electrons. The average Bonchev–Trinajstić information content (AvgIpc) is 2.63. The van der Waals surface area contributed by atoms with Crippen LogP contribution in [0.25, 0.3) is 0 Å². The van der Waals surface area contributed by atoms with E-state index in [-0.39, 0.29) is 5.91 Å². The molecule has 25 heavy (non-hydrogen) atoms. The van der Waals surface area contributed by atoms with Crippen molar-refractivity contribution in [1.29, 1.82) is 0 Å². The summed E-state index contributed by atoms with van der Waals surface area (Å²) in [6.07, 6.45) is 9.78. The molecule has 4 nitrogen and oxygen atoms in total. The summed E-state index contributed by atoms with van der Waals surface area (Å²) in [4.78, 5) is 16.4. The Morgan fingerprint density at radius 1 is 1.16 bits per heavy atom. The second kappa shape index (κ2) is 8.67. The zero-order chi connectivity index (χ0) is 17.5. The van der Waals surface area contributed by atoms with Crippen molar-refractivity contribution in [2.75, 3.05) is 11.9 Å². The molecule has 0 spiro atoms. The van der Waals surface area contributed by atoms with Crippen LogP contribution in [0.5, 0.6) is 0 Å². The van der Waals surface area contributed by atoms with E-state index in [0.29, 0.717) is 17.3 Å².